The number of hydrogen-bond donors (Lipinski definition) is 1. The maximum Gasteiger partial charge on any atom is 0.317 e. The third kappa shape index (κ3) is 2.96. The highest BCUT2D eigenvalue weighted by atomic mass is 16.4. The number of likely N-dealkylation sites (tertiary alicyclic amines) is 1. The topological polar surface area (TPSA) is 69.8 Å². The summed E-state index contributed by atoms with van der Waals surface area (Å²) in [6.45, 7) is 4.23. The van der Waals surface area contributed by atoms with Crippen molar-refractivity contribution in [2.24, 2.45) is 0 Å². The van der Waals surface area contributed by atoms with E-state index in [0.29, 0.717) is 13.1 Å². The van der Waals surface area contributed by atoms with Gasteiger partial charge in [0.1, 0.15) is 5.76 Å². The van der Waals surface area contributed by atoms with E-state index in [4.69, 9.17) is 9.52 Å². The molecule has 1 fully saturated rings. The van der Waals surface area contributed by atoms with E-state index in [0.717, 1.165) is 37.0 Å². The van der Waals surface area contributed by atoms with Crippen LogP contribution in [0.4, 0.5) is 0 Å². The Labute approximate surface area is 112 Å². The van der Waals surface area contributed by atoms with Crippen molar-refractivity contribution in [3.63, 3.8) is 0 Å². The quantitative estimate of drug-likeness (QED) is 0.878. The smallest absolute Gasteiger partial charge is 0.317 e. The largest absolute Gasteiger partial charge is 0.480 e. The number of carboxylic acids is 1. The number of aliphatic carboxylic acids is 1. The fourth-order valence-electron chi connectivity index (χ4n) is 2.83. The van der Waals surface area contributed by atoms with Gasteiger partial charge in [0.25, 0.3) is 0 Å². The second-order valence-corrected chi connectivity index (χ2v) is 5.35. The van der Waals surface area contributed by atoms with Crippen LogP contribution in [0.1, 0.15) is 36.6 Å². The number of hydrogen-bond acceptors (Lipinski definition) is 5. The lowest BCUT2D eigenvalue weighted by molar-refractivity contribution is -0.138. The van der Waals surface area contributed by atoms with E-state index in [1.54, 1.807) is 0 Å². The second kappa shape index (κ2) is 5.30. The zero-order valence-electron chi connectivity index (χ0n) is 11.0. The van der Waals surface area contributed by atoms with Crippen LogP contribution in [0, 0.1) is 0 Å². The summed E-state index contributed by atoms with van der Waals surface area (Å²) in [7, 11) is 0. The zero-order valence-corrected chi connectivity index (χ0v) is 11.0. The molecule has 1 saturated heterocycles. The molecule has 0 saturated carbocycles. The van der Waals surface area contributed by atoms with Crippen LogP contribution in [-0.4, -0.2) is 45.5 Å². The molecule has 0 atom stereocenters. The van der Waals surface area contributed by atoms with Crippen molar-refractivity contribution in [3.8, 4) is 0 Å². The standard InChI is InChI=1S/C13H19N3O3/c17-13(18)9-16-6-10-11(7-16)19-12(14-10)8-15-4-2-1-3-5-15/h1-9H2,(H,17,18). The van der Waals surface area contributed by atoms with E-state index in [2.05, 4.69) is 9.88 Å². The first-order valence-electron chi connectivity index (χ1n) is 6.84. The highest BCUT2D eigenvalue weighted by Crippen LogP contribution is 2.24. The molecule has 0 spiro atoms. The zero-order chi connectivity index (χ0) is 13.2. The van der Waals surface area contributed by atoms with Crippen LogP contribution < -0.4 is 0 Å². The average molecular weight is 265 g/mol. The third-order valence-electron chi connectivity index (χ3n) is 3.73. The minimum absolute atomic E-state index is 0.0489. The maximum atomic E-state index is 10.7. The molecule has 1 N–H and O–H groups in total. The molecule has 0 aliphatic carbocycles. The highest BCUT2D eigenvalue weighted by Gasteiger charge is 2.27. The summed E-state index contributed by atoms with van der Waals surface area (Å²) in [5, 5.41) is 8.76. The number of fused-ring (bicyclic) bond motifs is 1. The minimum Gasteiger partial charge on any atom is -0.480 e. The first-order chi connectivity index (χ1) is 9.20. The number of nitrogens with zero attached hydrogens (tertiary/aromatic N) is 3. The van der Waals surface area contributed by atoms with Crippen molar-refractivity contribution in [2.45, 2.75) is 38.9 Å². The van der Waals surface area contributed by atoms with Crippen LogP contribution in [0.2, 0.25) is 0 Å². The van der Waals surface area contributed by atoms with Crippen LogP contribution in [0.15, 0.2) is 4.42 Å². The summed E-state index contributed by atoms with van der Waals surface area (Å²) in [5.74, 6) is 0.814. The molecule has 0 radical (unpaired) electrons. The number of piperidine rings is 1. The lowest BCUT2D eigenvalue weighted by atomic mass is 10.1. The van der Waals surface area contributed by atoms with Gasteiger partial charge in [-0.2, -0.15) is 0 Å². The maximum absolute atomic E-state index is 10.7. The van der Waals surface area contributed by atoms with Gasteiger partial charge in [0.2, 0.25) is 5.89 Å². The summed E-state index contributed by atoms with van der Waals surface area (Å²) >= 11 is 0. The molecule has 0 unspecified atom stereocenters. The third-order valence-corrected chi connectivity index (χ3v) is 3.73. The van der Waals surface area contributed by atoms with Gasteiger partial charge >= 0.3 is 5.97 Å². The van der Waals surface area contributed by atoms with Crippen molar-refractivity contribution in [1.29, 1.82) is 0 Å². The molecule has 2 aliphatic rings. The fraction of sp³-hybridized carbons (Fsp3) is 0.692. The average Bonchev–Trinajstić information content (AvgIpc) is 2.87. The molecule has 1 aromatic heterocycles. The molecule has 0 bridgehead atoms. The van der Waals surface area contributed by atoms with Gasteiger partial charge in [-0.3, -0.25) is 14.6 Å². The van der Waals surface area contributed by atoms with Gasteiger partial charge in [0.05, 0.1) is 25.3 Å². The van der Waals surface area contributed by atoms with Gasteiger partial charge in [-0.25, -0.2) is 4.98 Å². The summed E-state index contributed by atoms with van der Waals surface area (Å²) in [4.78, 5) is 19.4. The fourth-order valence-corrected chi connectivity index (χ4v) is 2.83. The molecule has 104 valence electrons. The Morgan fingerprint density at radius 2 is 2.00 bits per heavy atom. The van der Waals surface area contributed by atoms with Crippen molar-refractivity contribution in [3.05, 3.63) is 17.3 Å². The Morgan fingerprint density at radius 3 is 2.68 bits per heavy atom. The summed E-state index contributed by atoms with van der Waals surface area (Å²) in [6.07, 6.45) is 3.84. The molecular formula is C13H19N3O3. The van der Waals surface area contributed by atoms with Crippen LogP contribution in [0.25, 0.3) is 0 Å². The Kier molecular flexibility index (Phi) is 3.52. The van der Waals surface area contributed by atoms with Crippen molar-refractivity contribution in [2.75, 3.05) is 19.6 Å². The second-order valence-electron chi connectivity index (χ2n) is 5.35. The molecular weight excluding hydrogens is 246 g/mol. The summed E-state index contributed by atoms with van der Waals surface area (Å²) in [6, 6.07) is 0. The number of aromatic nitrogens is 1. The number of rotatable bonds is 4. The van der Waals surface area contributed by atoms with Gasteiger partial charge in [-0.05, 0) is 25.9 Å². The molecule has 19 heavy (non-hydrogen) atoms. The Bertz CT molecular complexity index is 442. The van der Waals surface area contributed by atoms with E-state index in [9.17, 15) is 4.79 Å². The van der Waals surface area contributed by atoms with Crippen molar-refractivity contribution in [1.82, 2.24) is 14.8 Å². The summed E-state index contributed by atoms with van der Waals surface area (Å²) < 4.78 is 5.75. The van der Waals surface area contributed by atoms with E-state index in [1.807, 2.05) is 4.90 Å². The molecule has 3 heterocycles. The molecule has 2 aliphatic heterocycles. The lowest BCUT2D eigenvalue weighted by Gasteiger charge is -2.24. The van der Waals surface area contributed by atoms with Gasteiger partial charge < -0.3 is 9.52 Å². The Hall–Kier alpha value is -1.40. The number of oxazole rings is 1. The number of carbonyl (C=O) groups is 1. The monoisotopic (exact) mass is 265 g/mol. The lowest BCUT2D eigenvalue weighted by Crippen LogP contribution is -2.29. The van der Waals surface area contributed by atoms with Crippen molar-refractivity contribution < 1.29 is 14.3 Å². The number of carboxylic acid groups (broad SMARTS) is 1. The first kappa shape index (κ1) is 12.6. The van der Waals surface area contributed by atoms with E-state index in [1.165, 1.54) is 19.3 Å². The Balaban J connectivity index is 1.58. The van der Waals surface area contributed by atoms with Gasteiger partial charge in [-0.15, -0.1) is 0 Å². The van der Waals surface area contributed by atoms with Gasteiger partial charge in [-0.1, -0.05) is 6.42 Å². The normalized spacial score (nSPS) is 20.6. The van der Waals surface area contributed by atoms with Gasteiger partial charge in [0.15, 0.2) is 0 Å². The highest BCUT2D eigenvalue weighted by molar-refractivity contribution is 5.69. The molecule has 0 amide bonds. The molecule has 6 nitrogen and oxygen atoms in total. The van der Waals surface area contributed by atoms with Crippen LogP contribution in [0.3, 0.4) is 0 Å². The van der Waals surface area contributed by atoms with Crippen LogP contribution >= 0.6 is 0 Å². The van der Waals surface area contributed by atoms with Crippen LogP contribution in [0.5, 0.6) is 0 Å². The van der Waals surface area contributed by atoms with E-state index < -0.39 is 5.97 Å². The SMILES string of the molecule is O=C(O)CN1Cc2nc(CN3CCCCC3)oc2C1. The molecule has 3 rings (SSSR count). The predicted octanol–water partition coefficient (Wildman–Crippen LogP) is 1.06. The Morgan fingerprint density at radius 1 is 1.21 bits per heavy atom. The van der Waals surface area contributed by atoms with Gasteiger partial charge in [0, 0.05) is 6.54 Å². The molecule has 1 aromatic rings. The molecule has 6 heteroatoms. The summed E-state index contributed by atoms with van der Waals surface area (Å²) in [5.41, 5.74) is 0.910. The first-order valence-corrected chi connectivity index (χ1v) is 6.84. The predicted molar refractivity (Wildman–Crippen MR) is 67.4 cm³/mol. The minimum atomic E-state index is -0.807. The van der Waals surface area contributed by atoms with E-state index >= 15 is 0 Å². The van der Waals surface area contributed by atoms with E-state index in [-0.39, 0.29) is 6.54 Å². The van der Waals surface area contributed by atoms with Crippen molar-refractivity contribution >= 4 is 5.97 Å². The van der Waals surface area contributed by atoms with Crippen LogP contribution in [-0.2, 0) is 24.4 Å². The molecule has 0 aromatic carbocycles.